The zero-order valence-electron chi connectivity index (χ0n) is 5.26. The molecule has 1 aliphatic heterocycles. The van der Waals surface area contributed by atoms with Crippen LogP contribution in [0.25, 0.3) is 0 Å². The number of amides is 1. The first-order chi connectivity index (χ1) is 4.70. The van der Waals surface area contributed by atoms with Crippen molar-refractivity contribution < 1.29 is 14.7 Å². The second kappa shape index (κ2) is 2.66. The molecule has 1 heterocycles. The Labute approximate surface area is 57.4 Å². The SMILES string of the molecule is O=C1CC[C@H](C(=O)O)NN1. The molecule has 5 heteroatoms. The van der Waals surface area contributed by atoms with Crippen molar-refractivity contribution in [1.82, 2.24) is 10.9 Å². The summed E-state index contributed by atoms with van der Waals surface area (Å²) in [5, 5.41) is 8.41. The van der Waals surface area contributed by atoms with Gasteiger partial charge in [0.2, 0.25) is 5.91 Å². The van der Waals surface area contributed by atoms with Gasteiger partial charge in [-0.15, -0.1) is 0 Å². The van der Waals surface area contributed by atoms with E-state index in [2.05, 4.69) is 10.9 Å². The maximum Gasteiger partial charge on any atom is 0.322 e. The topological polar surface area (TPSA) is 78.4 Å². The summed E-state index contributed by atoms with van der Waals surface area (Å²) in [5.74, 6) is -1.09. The summed E-state index contributed by atoms with van der Waals surface area (Å²) in [7, 11) is 0. The van der Waals surface area contributed by atoms with Gasteiger partial charge < -0.3 is 5.11 Å². The monoisotopic (exact) mass is 144 g/mol. The molecule has 0 aromatic carbocycles. The number of carboxylic acids is 1. The highest BCUT2D eigenvalue weighted by molar-refractivity contribution is 5.80. The third-order valence-corrected chi connectivity index (χ3v) is 1.34. The van der Waals surface area contributed by atoms with E-state index in [1.807, 2.05) is 0 Å². The van der Waals surface area contributed by atoms with Crippen molar-refractivity contribution in [2.45, 2.75) is 18.9 Å². The molecular formula is C5H8N2O3. The van der Waals surface area contributed by atoms with Crippen LogP contribution in [0.5, 0.6) is 0 Å². The lowest BCUT2D eigenvalue weighted by Gasteiger charge is -2.19. The lowest BCUT2D eigenvalue weighted by molar-refractivity contribution is -0.141. The Morgan fingerprint density at radius 2 is 2.40 bits per heavy atom. The lowest BCUT2D eigenvalue weighted by atomic mass is 10.1. The fourth-order valence-corrected chi connectivity index (χ4v) is 0.763. The molecule has 5 nitrogen and oxygen atoms in total. The normalized spacial score (nSPS) is 25.6. The number of hydrogen-bond donors (Lipinski definition) is 3. The van der Waals surface area contributed by atoms with Gasteiger partial charge >= 0.3 is 5.97 Å². The number of nitrogens with one attached hydrogen (secondary N) is 2. The minimum absolute atomic E-state index is 0.155. The zero-order chi connectivity index (χ0) is 7.56. The number of aliphatic carboxylic acids is 1. The number of carbonyl (C=O) groups excluding carboxylic acids is 1. The second-order valence-corrected chi connectivity index (χ2v) is 2.12. The van der Waals surface area contributed by atoms with E-state index in [-0.39, 0.29) is 12.3 Å². The van der Waals surface area contributed by atoms with Crippen LogP contribution in [0, 0.1) is 0 Å². The van der Waals surface area contributed by atoms with E-state index in [9.17, 15) is 9.59 Å². The molecule has 0 radical (unpaired) electrons. The predicted molar refractivity (Wildman–Crippen MR) is 31.9 cm³/mol. The van der Waals surface area contributed by atoms with Crippen LogP contribution in [0.2, 0.25) is 0 Å². The molecule has 1 aliphatic rings. The number of carbonyl (C=O) groups is 2. The van der Waals surface area contributed by atoms with Gasteiger partial charge in [0.25, 0.3) is 0 Å². The predicted octanol–water partition coefficient (Wildman–Crippen LogP) is -1.15. The third kappa shape index (κ3) is 1.44. The first-order valence-corrected chi connectivity index (χ1v) is 2.97. The van der Waals surface area contributed by atoms with E-state index in [0.717, 1.165) is 0 Å². The zero-order valence-corrected chi connectivity index (χ0v) is 5.26. The van der Waals surface area contributed by atoms with Gasteiger partial charge in [-0.25, -0.2) is 5.43 Å². The molecule has 0 unspecified atom stereocenters. The van der Waals surface area contributed by atoms with Gasteiger partial charge in [-0.1, -0.05) is 0 Å². The highest BCUT2D eigenvalue weighted by atomic mass is 16.4. The van der Waals surface area contributed by atoms with Gasteiger partial charge in [-0.05, 0) is 6.42 Å². The number of hydrazine groups is 1. The van der Waals surface area contributed by atoms with Crippen LogP contribution >= 0.6 is 0 Å². The molecule has 0 bridgehead atoms. The summed E-state index contributed by atoms with van der Waals surface area (Å²) in [4.78, 5) is 20.7. The van der Waals surface area contributed by atoms with Crippen molar-refractivity contribution in [3.8, 4) is 0 Å². The van der Waals surface area contributed by atoms with Crippen molar-refractivity contribution in [1.29, 1.82) is 0 Å². The van der Waals surface area contributed by atoms with Crippen molar-refractivity contribution >= 4 is 11.9 Å². The molecule has 1 rings (SSSR count). The Hall–Kier alpha value is -1.10. The number of carboxylic acid groups (broad SMARTS) is 1. The quantitative estimate of drug-likeness (QED) is 0.434. The van der Waals surface area contributed by atoms with E-state index in [4.69, 9.17) is 5.11 Å². The van der Waals surface area contributed by atoms with E-state index in [1.54, 1.807) is 0 Å². The summed E-state index contributed by atoms with van der Waals surface area (Å²) < 4.78 is 0. The van der Waals surface area contributed by atoms with Crippen LogP contribution in [0.1, 0.15) is 12.8 Å². The summed E-state index contributed by atoms with van der Waals surface area (Å²) in [6.45, 7) is 0. The van der Waals surface area contributed by atoms with E-state index < -0.39 is 12.0 Å². The molecule has 1 fully saturated rings. The first kappa shape index (κ1) is 7.01. The van der Waals surface area contributed by atoms with Gasteiger partial charge in [0, 0.05) is 6.42 Å². The highest BCUT2D eigenvalue weighted by Crippen LogP contribution is 2.00. The fraction of sp³-hybridized carbons (Fsp3) is 0.600. The maximum absolute atomic E-state index is 10.5. The third-order valence-electron chi connectivity index (χ3n) is 1.34. The molecule has 0 aromatic rings. The first-order valence-electron chi connectivity index (χ1n) is 2.97. The molecule has 1 amide bonds. The van der Waals surface area contributed by atoms with Crippen molar-refractivity contribution in [3.05, 3.63) is 0 Å². The Morgan fingerprint density at radius 1 is 1.70 bits per heavy atom. The molecular weight excluding hydrogens is 136 g/mol. The van der Waals surface area contributed by atoms with Gasteiger partial charge in [0.15, 0.2) is 0 Å². The molecule has 1 saturated heterocycles. The second-order valence-electron chi connectivity index (χ2n) is 2.12. The Balaban J connectivity index is 2.40. The number of hydrogen-bond acceptors (Lipinski definition) is 3. The summed E-state index contributed by atoms with van der Waals surface area (Å²) >= 11 is 0. The summed E-state index contributed by atoms with van der Waals surface area (Å²) in [6.07, 6.45) is 0.644. The fourth-order valence-electron chi connectivity index (χ4n) is 0.763. The average molecular weight is 144 g/mol. The van der Waals surface area contributed by atoms with E-state index >= 15 is 0 Å². The lowest BCUT2D eigenvalue weighted by Crippen LogP contribution is -2.52. The molecule has 3 N–H and O–H groups in total. The van der Waals surface area contributed by atoms with Gasteiger partial charge in [0.05, 0.1) is 0 Å². The molecule has 10 heavy (non-hydrogen) atoms. The van der Waals surface area contributed by atoms with E-state index in [0.29, 0.717) is 6.42 Å². The molecule has 56 valence electrons. The van der Waals surface area contributed by atoms with Gasteiger partial charge in [0.1, 0.15) is 6.04 Å². The molecule has 0 aromatic heterocycles. The maximum atomic E-state index is 10.5. The van der Waals surface area contributed by atoms with Crippen LogP contribution < -0.4 is 10.9 Å². The standard InChI is InChI=1S/C5H8N2O3/c8-4-2-1-3(5(9)10)6-7-4/h3,6H,1-2H2,(H,7,8)(H,9,10)/t3-/m1/s1. The highest BCUT2D eigenvalue weighted by Gasteiger charge is 2.22. The van der Waals surface area contributed by atoms with Crippen molar-refractivity contribution in [2.75, 3.05) is 0 Å². The van der Waals surface area contributed by atoms with Crippen LogP contribution in [0.3, 0.4) is 0 Å². The van der Waals surface area contributed by atoms with Gasteiger partial charge in [-0.3, -0.25) is 15.0 Å². The summed E-state index contributed by atoms with van der Waals surface area (Å²) in [6, 6.07) is -0.627. The molecule has 0 aliphatic carbocycles. The van der Waals surface area contributed by atoms with Gasteiger partial charge in [-0.2, -0.15) is 0 Å². The van der Waals surface area contributed by atoms with Crippen molar-refractivity contribution in [3.63, 3.8) is 0 Å². The summed E-state index contributed by atoms with van der Waals surface area (Å²) in [5.41, 5.74) is 4.61. The molecule has 0 spiro atoms. The Bertz CT molecular complexity index is 158. The van der Waals surface area contributed by atoms with Crippen LogP contribution in [-0.2, 0) is 9.59 Å². The minimum atomic E-state index is -0.931. The van der Waals surface area contributed by atoms with Crippen LogP contribution in [0.4, 0.5) is 0 Å². The minimum Gasteiger partial charge on any atom is -0.480 e. The number of rotatable bonds is 1. The van der Waals surface area contributed by atoms with E-state index in [1.165, 1.54) is 0 Å². The van der Waals surface area contributed by atoms with Crippen molar-refractivity contribution in [2.24, 2.45) is 0 Å². The largest absolute Gasteiger partial charge is 0.480 e. The Kier molecular flexibility index (Phi) is 1.86. The Morgan fingerprint density at radius 3 is 2.80 bits per heavy atom. The molecule has 1 atom stereocenters. The average Bonchev–Trinajstić information content (AvgIpc) is 1.88. The smallest absolute Gasteiger partial charge is 0.322 e. The van der Waals surface area contributed by atoms with Crippen LogP contribution in [-0.4, -0.2) is 23.0 Å². The van der Waals surface area contributed by atoms with Crippen LogP contribution in [0.15, 0.2) is 0 Å². The molecule has 0 saturated carbocycles.